The minimum atomic E-state index is -0.812. The maximum atomic E-state index is 11.6. The summed E-state index contributed by atoms with van der Waals surface area (Å²) in [6, 6.07) is 1.73. The standard InChI is InChI=1S/C11H13NO4/c1-15-9(13)8(7-12)6-11(4-3-5-11)10(14)16-2/h6H,3-5H2,1-2H3/b8-6+. The minimum Gasteiger partial charge on any atom is -0.468 e. The highest BCUT2D eigenvalue weighted by Gasteiger charge is 2.44. The normalized spacial score (nSPS) is 17.9. The lowest BCUT2D eigenvalue weighted by Gasteiger charge is -2.36. The van der Waals surface area contributed by atoms with E-state index in [-0.39, 0.29) is 5.57 Å². The number of nitriles is 1. The molecule has 0 aromatic rings. The number of nitrogens with zero attached hydrogens (tertiary/aromatic N) is 1. The summed E-state index contributed by atoms with van der Waals surface area (Å²) in [5.41, 5.74) is -0.957. The number of esters is 2. The molecule has 0 spiro atoms. The third-order valence-electron chi connectivity index (χ3n) is 2.78. The van der Waals surface area contributed by atoms with Crippen molar-refractivity contribution in [2.45, 2.75) is 19.3 Å². The fourth-order valence-corrected chi connectivity index (χ4v) is 1.69. The summed E-state index contributed by atoms with van der Waals surface area (Å²) in [7, 11) is 2.49. The van der Waals surface area contributed by atoms with Gasteiger partial charge in [-0.05, 0) is 18.9 Å². The molecule has 0 atom stereocenters. The van der Waals surface area contributed by atoms with Crippen molar-refractivity contribution in [3.63, 3.8) is 0 Å². The Balaban J connectivity index is 2.98. The van der Waals surface area contributed by atoms with Crippen LogP contribution in [0.25, 0.3) is 0 Å². The molecule has 1 aliphatic rings. The van der Waals surface area contributed by atoms with Gasteiger partial charge in [0.1, 0.15) is 11.6 Å². The van der Waals surface area contributed by atoms with Gasteiger partial charge < -0.3 is 9.47 Å². The molecule has 0 amide bonds. The average Bonchev–Trinajstić information content (AvgIpc) is 2.26. The van der Waals surface area contributed by atoms with E-state index in [0.717, 1.165) is 6.42 Å². The van der Waals surface area contributed by atoms with Crippen molar-refractivity contribution in [3.8, 4) is 6.07 Å². The second kappa shape index (κ2) is 4.79. The van der Waals surface area contributed by atoms with Crippen molar-refractivity contribution < 1.29 is 19.1 Å². The molecule has 0 N–H and O–H groups in total. The van der Waals surface area contributed by atoms with Crippen molar-refractivity contribution in [3.05, 3.63) is 11.6 Å². The summed E-state index contributed by atoms with van der Waals surface area (Å²) in [6.45, 7) is 0. The second-order valence-corrected chi connectivity index (χ2v) is 3.66. The van der Waals surface area contributed by atoms with Crippen LogP contribution in [-0.4, -0.2) is 26.2 Å². The summed E-state index contributed by atoms with van der Waals surface area (Å²) < 4.78 is 9.12. The largest absolute Gasteiger partial charge is 0.468 e. The molecule has 1 saturated carbocycles. The Morgan fingerprint density at radius 3 is 2.25 bits per heavy atom. The van der Waals surface area contributed by atoms with E-state index in [0.29, 0.717) is 12.8 Å². The van der Waals surface area contributed by atoms with Crippen molar-refractivity contribution in [2.24, 2.45) is 5.41 Å². The third kappa shape index (κ3) is 2.06. The number of carbonyl (C=O) groups is 2. The van der Waals surface area contributed by atoms with Crippen molar-refractivity contribution in [1.29, 1.82) is 5.26 Å². The van der Waals surface area contributed by atoms with Crippen LogP contribution in [0, 0.1) is 16.7 Å². The van der Waals surface area contributed by atoms with Crippen LogP contribution >= 0.6 is 0 Å². The quantitative estimate of drug-likeness (QED) is 0.404. The number of hydrogen-bond acceptors (Lipinski definition) is 5. The molecule has 1 fully saturated rings. The average molecular weight is 223 g/mol. The van der Waals surface area contributed by atoms with Crippen LogP contribution in [0.1, 0.15) is 19.3 Å². The summed E-state index contributed by atoms with van der Waals surface area (Å²) in [6.07, 6.45) is 3.45. The van der Waals surface area contributed by atoms with Crippen LogP contribution in [0.15, 0.2) is 11.6 Å². The fraction of sp³-hybridized carbons (Fsp3) is 0.545. The highest BCUT2D eigenvalue weighted by atomic mass is 16.5. The highest BCUT2D eigenvalue weighted by Crippen LogP contribution is 2.44. The lowest BCUT2D eigenvalue weighted by molar-refractivity contribution is -0.154. The molecule has 16 heavy (non-hydrogen) atoms. The molecule has 0 bridgehead atoms. The van der Waals surface area contributed by atoms with Gasteiger partial charge in [-0.2, -0.15) is 5.26 Å². The summed E-state index contributed by atoms with van der Waals surface area (Å²) in [5.74, 6) is -1.13. The van der Waals surface area contributed by atoms with Gasteiger partial charge in [-0.1, -0.05) is 6.42 Å². The lowest BCUT2D eigenvalue weighted by Crippen LogP contribution is -2.37. The van der Waals surface area contributed by atoms with Crippen molar-refractivity contribution in [1.82, 2.24) is 0 Å². The molecule has 0 aromatic heterocycles. The molecule has 5 nitrogen and oxygen atoms in total. The highest BCUT2D eigenvalue weighted by molar-refractivity contribution is 5.94. The van der Waals surface area contributed by atoms with Gasteiger partial charge in [0.05, 0.1) is 19.6 Å². The van der Waals surface area contributed by atoms with E-state index in [1.54, 1.807) is 6.07 Å². The van der Waals surface area contributed by atoms with E-state index < -0.39 is 17.4 Å². The molecule has 1 rings (SSSR count). The maximum Gasteiger partial charge on any atom is 0.348 e. The minimum absolute atomic E-state index is 0.146. The molecule has 5 heteroatoms. The Morgan fingerprint density at radius 2 is 1.94 bits per heavy atom. The van der Waals surface area contributed by atoms with Gasteiger partial charge in [0.2, 0.25) is 0 Å². The predicted molar refractivity (Wildman–Crippen MR) is 54.0 cm³/mol. The Kier molecular flexibility index (Phi) is 3.67. The molecule has 0 radical (unpaired) electrons. The van der Waals surface area contributed by atoms with E-state index in [2.05, 4.69) is 9.47 Å². The van der Waals surface area contributed by atoms with E-state index in [4.69, 9.17) is 5.26 Å². The van der Waals surface area contributed by atoms with E-state index >= 15 is 0 Å². The molecule has 1 aliphatic carbocycles. The summed E-state index contributed by atoms with van der Waals surface area (Å²) >= 11 is 0. The van der Waals surface area contributed by atoms with Gasteiger partial charge in [0.25, 0.3) is 0 Å². The molecule has 0 aliphatic heterocycles. The lowest BCUT2D eigenvalue weighted by atomic mass is 9.68. The molecule has 0 aromatic carbocycles. The first-order valence-electron chi connectivity index (χ1n) is 4.89. The smallest absolute Gasteiger partial charge is 0.348 e. The molecular formula is C11H13NO4. The van der Waals surface area contributed by atoms with Gasteiger partial charge >= 0.3 is 11.9 Å². The zero-order valence-electron chi connectivity index (χ0n) is 9.28. The monoisotopic (exact) mass is 223 g/mol. The van der Waals surface area contributed by atoms with Crippen molar-refractivity contribution >= 4 is 11.9 Å². The number of methoxy groups -OCH3 is 2. The summed E-state index contributed by atoms with van der Waals surface area (Å²) in [5, 5.41) is 8.79. The SMILES string of the molecule is COC(=O)/C(C#N)=C/C1(C(=O)OC)CCC1. The first kappa shape index (κ1) is 12.2. The molecule has 0 heterocycles. The first-order chi connectivity index (χ1) is 7.59. The second-order valence-electron chi connectivity index (χ2n) is 3.66. The molecular weight excluding hydrogens is 210 g/mol. The zero-order valence-corrected chi connectivity index (χ0v) is 9.28. The number of carbonyl (C=O) groups excluding carboxylic acids is 2. The van der Waals surface area contributed by atoms with E-state index in [1.807, 2.05) is 0 Å². The molecule has 86 valence electrons. The fourth-order valence-electron chi connectivity index (χ4n) is 1.69. The van der Waals surface area contributed by atoms with Gasteiger partial charge in [-0.25, -0.2) is 4.79 Å². The van der Waals surface area contributed by atoms with Crippen LogP contribution in [0.3, 0.4) is 0 Å². The van der Waals surface area contributed by atoms with Gasteiger partial charge in [0.15, 0.2) is 0 Å². The predicted octanol–water partition coefficient (Wildman–Crippen LogP) is 0.953. The maximum absolute atomic E-state index is 11.6. The Hall–Kier alpha value is -1.83. The van der Waals surface area contributed by atoms with Crippen LogP contribution in [-0.2, 0) is 19.1 Å². The van der Waals surface area contributed by atoms with E-state index in [1.165, 1.54) is 20.3 Å². The topological polar surface area (TPSA) is 76.4 Å². The Bertz CT molecular complexity index is 374. The van der Waals surface area contributed by atoms with Gasteiger partial charge in [0, 0.05) is 0 Å². The third-order valence-corrected chi connectivity index (χ3v) is 2.78. The number of rotatable bonds is 3. The molecule has 0 unspecified atom stereocenters. The Labute approximate surface area is 93.6 Å². The van der Waals surface area contributed by atoms with Crippen molar-refractivity contribution in [2.75, 3.05) is 14.2 Å². The Morgan fingerprint density at radius 1 is 1.31 bits per heavy atom. The number of ether oxygens (including phenoxy) is 2. The van der Waals surface area contributed by atoms with Crippen LogP contribution in [0.2, 0.25) is 0 Å². The van der Waals surface area contributed by atoms with Crippen LogP contribution in [0.5, 0.6) is 0 Å². The van der Waals surface area contributed by atoms with E-state index in [9.17, 15) is 9.59 Å². The zero-order chi connectivity index (χ0) is 12.2. The first-order valence-corrected chi connectivity index (χ1v) is 4.89. The number of hydrogen-bond donors (Lipinski definition) is 0. The van der Waals surface area contributed by atoms with Crippen LogP contribution in [0.4, 0.5) is 0 Å². The van der Waals surface area contributed by atoms with Gasteiger partial charge in [-0.15, -0.1) is 0 Å². The molecule has 0 saturated heterocycles. The van der Waals surface area contributed by atoms with Gasteiger partial charge in [-0.3, -0.25) is 4.79 Å². The van der Waals surface area contributed by atoms with Crippen LogP contribution < -0.4 is 0 Å². The summed E-state index contributed by atoms with van der Waals surface area (Å²) in [4.78, 5) is 22.8.